The highest BCUT2D eigenvalue weighted by Gasteiger charge is 2.37. The number of hydrogen-bond donors (Lipinski definition) is 17. The molecule has 0 spiro atoms. The van der Waals surface area contributed by atoms with Crippen LogP contribution in [0.25, 0.3) is 0 Å². The van der Waals surface area contributed by atoms with Crippen LogP contribution in [0.15, 0.2) is 70.6 Å². The number of carbonyl (C=O) groups is 10. The SMILES string of the molecule is CC(C)C[C@H](NC(=O)[C@H](CCCN=C(N)N)NC(=O)[C@@H](N)Cc1ccccc1)C(=O)N[C@H](C(=O)N[C@@H](CCC(=O)O)C(=O)N[C@@H](CCCN=C(N)N)C(=O)N[C@H](C(=O)N[C@@H](CC(C)C)C(=O)N[C@@H](Cc1ccccc1)C(=O)O)[C@@H](C)O)[C@@H](C)O. The second-order valence-electron chi connectivity index (χ2n) is 21.2. The molecule has 0 fully saturated rings. The number of amides is 8. The molecule has 11 atom stereocenters. The van der Waals surface area contributed by atoms with E-state index < -0.39 is 139 Å². The zero-order valence-electron chi connectivity index (χ0n) is 48.4. The zero-order valence-corrected chi connectivity index (χ0v) is 48.4. The summed E-state index contributed by atoms with van der Waals surface area (Å²) in [4.78, 5) is 143. The number of carboxylic acid groups (broad SMARTS) is 2. The maximum absolute atomic E-state index is 14.2. The average molecular weight is 1180 g/mol. The minimum absolute atomic E-state index is 0.00455. The molecule has 0 aliphatic heterocycles. The smallest absolute Gasteiger partial charge is 0.326 e. The Labute approximate surface area is 488 Å². The van der Waals surface area contributed by atoms with E-state index in [4.69, 9.17) is 28.7 Å². The molecule has 0 saturated heterocycles. The molecular weight excluding hydrogens is 1090 g/mol. The molecule has 466 valence electrons. The van der Waals surface area contributed by atoms with Crippen LogP contribution in [0.4, 0.5) is 0 Å². The van der Waals surface area contributed by atoms with Gasteiger partial charge in [-0.1, -0.05) is 88.4 Å². The topological polar surface area (TPSA) is 503 Å². The van der Waals surface area contributed by atoms with Gasteiger partial charge in [0.15, 0.2) is 11.9 Å². The maximum atomic E-state index is 14.2. The molecule has 29 heteroatoms. The summed E-state index contributed by atoms with van der Waals surface area (Å²) in [6.45, 7) is 9.24. The lowest BCUT2D eigenvalue weighted by molar-refractivity contribution is -0.142. The van der Waals surface area contributed by atoms with E-state index in [1.54, 1.807) is 88.4 Å². The average Bonchev–Trinajstić information content (AvgIpc) is 3.57. The number of carboxylic acids is 2. The molecule has 0 saturated carbocycles. The Kier molecular flexibility index (Phi) is 31.5. The van der Waals surface area contributed by atoms with Gasteiger partial charge in [-0.25, -0.2) is 4.79 Å². The summed E-state index contributed by atoms with van der Waals surface area (Å²) in [5.74, 6) is -11.6. The van der Waals surface area contributed by atoms with Gasteiger partial charge >= 0.3 is 11.9 Å². The first kappa shape index (κ1) is 71.7. The van der Waals surface area contributed by atoms with Gasteiger partial charge in [0.05, 0.1) is 18.2 Å². The van der Waals surface area contributed by atoms with Gasteiger partial charge in [-0.15, -0.1) is 0 Å². The third-order valence-electron chi connectivity index (χ3n) is 12.8. The fourth-order valence-electron chi connectivity index (χ4n) is 8.43. The Morgan fingerprint density at radius 3 is 1.17 bits per heavy atom. The molecule has 0 aromatic heterocycles. The molecule has 0 unspecified atom stereocenters. The summed E-state index contributed by atoms with van der Waals surface area (Å²) in [5, 5.41) is 61.1. The standard InChI is InChI=1S/C55H87N15O14/c1-29(2)25-39(49(79)68-41(53(83)84)28-34-17-11-8-12-18-34)67-52(82)44(32(6)72)69-48(78)37(20-14-24-62-55(59)60)64-47(77)38(21-22-42(73)74)65-51(81)43(31(5)71)70-50(80)40(26-30(3)4)66-46(76)36(19-13-23-61-54(57)58)63-45(75)35(56)27-33-15-9-7-10-16-33/h7-12,15-18,29-32,35-41,43-44,71-72H,13-14,19-28,56H2,1-6H3,(H,63,75)(H,64,77)(H,65,81)(H,66,76)(H,67,82)(H,68,79)(H,69,78)(H,70,80)(H,73,74)(H,83,84)(H4,57,58,61)(H4,59,60,62)/t31-,32-,35+,36+,37+,38+,39+,40+,41+,43+,44+/m1/s1. The Morgan fingerprint density at radius 2 is 0.774 bits per heavy atom. The second-order valence-corrected chi connectivity index (χ2v) is 21.2. The van der Waals surface area contributed by atoms with Crippen LogP contribution in [0.5, 0.6) is 0 Å². The number of aliphatic imine (C=N–C) groups is 2. The highest BCUT2D eigenvalue weighted by Crippen LogP contribution is 2.13. The van der Waals surface area contributed by atoms with Gasteiger partial charge in [-0.3, -0.25) is 53.1 Å². The number of aliphatic hydroxyl groups excluding tert-OH is 2. The number of nitrogens with zero attached hydrogens (tertiary/aromatic N) is 2. The first-order valence-electron chi connectivity index (χ1n) is 27.7. The third-order valence-corrected chi connectivity index (χ3v) is 12.8. The lowest BCUT2D eigenvalue weighted by atomic mass is 10.0. The van der Waals surface area contributed by atoms with Gasteiger partial charge in [-0.2, -0.15) is 0 Å². The molecule has 0 bridgehead atoms. The largest absolute Gasteiger partial charge is 0.481 e. The molecule has 84 heavy (non-hydrogen) atoms. The number of benzene rings is 2. The van der Waals surface area contributed by atoms with Crippen molar-refractivity contribution in [1.29, 1.82) is 0 Å². The van der Waals surface area contributed by atoms with Crippen molar-refractivity contribution in [2.75, 3.05) is 13.1 Å². The highest BCUT2D eigenvalue weighted by molar-refractivity contribution is 5.98. The monoisotopic (exact) mass is 1180 g/mol. The second kappa shape index (κ2) is 36.9. The highest BCUT2D eigenvalue weighted by atomic mass is 16.4. The quantitative estimate of drug-likeness (QED) is 0.0177. The molecule has 2 rings (SSSR count). The fraction of sp³-hybridized carbons (Fsp3) is 0.564. The maximum Gasteiger partial charge on any atom is 0.326 e. The predicted octanol–water partition coefficient (Wildman–Crippen LogP) is -3.41. The van der Waals surface area contributed by atoms with E-state index in [1.165, 1.54) is 0 Å². The van der Waals surface area contributed by atoms with E-state index in [1.807, 2.05) is 0 Å². The minimum Gasteiger partial charge on any atom is -0.481 e. The van der Waals surface area contributed by atoms with Crippen molar-refractivity contribution in [3.63, 3.8) is 0 Å². The Balaban J connectivity index is 2.43. The minimum atomic E-state index is -1.86. The molecule has 2 aromatic rings. The van der Waals surface area contributed by atoms with Crippen molar-refractivity contribution in [2.24, 2.45) is 50.5 Å². The van der Waals surface area contributed by atoms with Crippen molar-refractivity contribution in [3.8, 4) is 0 Å². The van der Waals surface area contributed by atoms with E-state index in [0.717, 1.165) is 19.4 Å². The van der Waals surface area contributed by atoms with Crippen LogP contribution in [0.3, 0.4) is 0 Å². The molecule has 0 aliphatic rings. The van der Waals surface area contributed by atoms with Gasteiger partial charge in [0, 0.05) is 25.9 Å². The zero-order chi connectivity index (χ0) is 63.2. The van der Waals surface area contributed by atoms with Gasteiger partial charge in [0.25, 0.3) is 0 Å². The number of nitrogens with one attached hydrogen (secondary N) is 8. The summed E-state index contributed by atoms with van der Waals surface area (Å²) in [6, 6.07) is 3.80. The molecular formula is C55H87N15O14. The van der Waals surface area contributed by atoms with Crippen LogP contribution in [0.1, 0.15) is 104 Å². The van der Waals surface area contributed by atoms with Crippen LogP contribution < -0.4 is 71.2 Å². The number of rotatable bonds is 38. The van der Waals surface area contributed by atoms with Crippen LogP contribution in [-0.2, 0) is 60.8 Å². The number of guanidine groups is 2. The fourth-order valence-corrected chi connectivity index (χ4v) is 8.43. The normalized spacial score (nSPS) is 15.0. The van der Waals surface area contributed by atoms with Gasteiger partial charge in [-0.05, 0) is 88.2 Å². The van der Waals surface area contributed by atoms with Crippen LogP contribution >= 0.6 is 0 Å². The number of nitrogens with two attached hydrogens (primary N) is 5. The molecule has 2 aromatic carbocycles. The summed E-state index contributed by atoms with van der Waals surface area (Å²) >= 11 is 0. The van der Waals surface area contributed by atoms with Gasteiger partial charge < -0.3 is 91.6 Å². The van der Waals surface area contributed by atoms with Gasteiger partial charge in [0.2, 0.25) is 47.3 Å². The molecule has 29 nitrogen and oxygen atoms in total. The predicted molar refractivity (Wildman–Crippen MR) is 310 cm³/mol. The summed E-state index contributed by atoms with van der Waals surface area (Å²) in [7, 11) is 0. The van der Waals surface area contributed by atoms with E-state index in [2.05, 4.69) is 52.5 Å². The van der Waals surface area contributed by atoms with Crippen molar-refractivity contribution in [2.45, 2.75) is 172 Å². The van der Waals surface area contributed by atoms with Crippen LogP contribution in [-0.4, -0.2) is 171 Å². The number of hydrogen-bond acceptors (Lipinski definition) is 15. The lowest BCUT2D eigenvalue weighted by Gasteiger charge is -2.29. The molecule has 0 radical (unpaired) electrons. The van der Waals surface area contributed by atoms with Gasteiger partial charge in [0.1, 0.15) is 48.3 Å². The van der Waals surface area contributed by atoms with E-state index >= 15 is 0 Å². The Bertz CT molecular complexity index is 2550. The summed E-state index contributed by atoms with van der Waals surface area (Å²) < 4.78 is 0. The molecule has 0 aliphatic carbocycles. The molecule has 22 N–H and O–H groups in total. The van der Waals surface area contributed by atoms with Crippen LogP contribution in [0, 0.1) is 11.8 Å². The summed E-state index contributed by atoms with van der Waals surface area (Å²) in [6.07, 6.45) is -4.77. The van der Waals surface area contributed by atoms with E-state index in [0.29, 0.717) is 5.56 Å². The first-order valence-corrected chi connectivity index (χ1v) is 27.7. The lowest BCUT2D eigenvalue weighted by Crippen LogP contribution is -2.62. The van der Waals surface area contributed by atoms with Crippen LogP contribution in [0.2, 0.25) is 0 Å². The molecule has 8 amide bonds. The van der Waals surface area contributed by atoms with Crippen molar-refractivity contribution < 1.29 is 68.4 Å². The van der Waals surface area contributed by atoms with Crippen molar-refractivity contribution >= 4 is 71.1 Å². The number of aliphatic carboxylic acids is 2. The first-order chi connectivity index (χ1) is 39.5. The third kappa shape index (κ3) is 27.6. The van der Waals surface area contributed by atoms with E-state index in [-0.39, 0.29) is 88.2 Å². The Morgan fingerprint density at radius 1 is 0.440 bits per heavy atom. The number of carbonyl (C=O) groups excluding carboxylic acids is 8. The number of aliphatic hydroxyl groups is 2. The Hall–Kier alpha value is -8.44. The molecule has 0 heterocycles. The van der Waals surface area contributed by atoms with Crippen molar-refractivity contribution in [1.82, 2.24) is 42.5 Å². The van der Waals surface area contributed by atoms with Crippen molar-refractivity contribution in [3.05, 3.63) is 71.8 Å². The summed E-state index contributed by atoms with van der Waals surface area (Å²) in [5.41, 5.74) is 29.5. The van der Waals surface area contributed by atoms with E-state index in [9.17, 15) is 68.4 Å².